The van der Waals surface area contributed by atoms with E-state index in [9.17, 15) is 18.0 Å². The number of anilines is 2. The number of thiophene rings is 1. The average Bonchev–Trinajstić information content (AvgIpc) is 3.44. The molecule has 3 aromatic rings. The number of amidine groups is 1. The molecule has 170 valence electrons. The van der Waals surface area contributed by atoms with Gasteiger partial charge >= 0.3 is 0 Å². The zero-order valence-corrected chi connectivity index (χ0v) is 19.8. The highest BCUT2D eigenvalue weighted by atomic mass is 32.2. The summed E-state index contributed by atoms with van der Waals surface area (Å²) in [5.74, 6) is -0.126. The predicted octanol–water partition coefficient (Wildman–Crippen LogP) is 3.98. The molecule has 0 radical (unpaired) electrons. The van der Waals surface area contributed by atoms with Gasteiger partial charge in [0.2, 0.25) is 11.8 Å². The standard InChI is InChI=1S/C22H19N3O5S3/c1-30-17-11-9-15(10-12-17)23-19(26)14-18-21(27)25(16-6-3-2-4-7-16)22(32-18)24-33(28,29)20-8-5-13-31-20/h2-13,18H,14H2,1H3,(H,23,26)/b24-22+. The third kappa shape index (κ3) is 5.27. The minimum Gasteiger partial charge on any atom is -0.497 e. The van der Waals surface area contributed by atoms with Crippen LogP contribution in [-0.2, 0) is 19.6 Å². The Morgan fingerprint density at radius 3 is 2.45 bits per heavy atom. The first kappa shape index (κ1) is 23.0. The van der Waals surface area contributed by atoms with Gasteiger partial charge in [0, 0.05) is 12.1 Å². The molecule has 4 rings (SSSR count). The first-order valence-corrected chi connectivity index (χ1v) is 13.0. The van der Waals surface area contributed by atoms with Gasteiger partial charge in [0.05, 0.1) is 12.8 Å². The van der Waals surface area contributed by atoms with Crippen LogP contribution in [0.5, 0.6) is 5.75 Å². The molecule has 1 atom stereocenters. The fraction of sp³-hybridized carbons (Fsp3) is 0.136. The van der Waals surface area contributed by atoms with Crippen LogP contribution in [0, 0.1) is 0 Å². The lowest BCUT2D eigenvalue weighted by Gasteiger charge is -2.16. The van der Waals surface area contributed by atoms with Crippen molar-refractivity contribution in [1.82, 2.24) is 0 Å². The Kier molecular flexibility index (Phi) is 6.82. The molecule has 0 bridgehead atoms. The van der Waals surface area contributed by atoms with E-state index >= 15 is 0 Å². The second-order valence-electron chi connectivity index (χ2n) is 6.88. The maximum atomic E-state index is 13.2. The van der Waals surface area contributed by atoms with E-state index in [1.807, 2.05) is 0 Å². The number of carbonyl (C=O) groups is 2. The lowest BCUT2D eigenvalue weighted by atomic mass is 10.2. The molecule has 1 aliphatic heterocycles. The zero-order chi connectivity index (χ0) is 23.4. The number of nitrogens with zero attached hydrogens (tertiary/aromatic N) is 2. The monoisotopic (exact) mass is 501 g/mol. The number of nitrogens with one attached hydrogen (secondary N) is 1. The molecule has 2 amide bonds. The van der Waals surface area contributed by atoms with E-state index in [1.54, 1.807) is 73.2 Å². The van der Waals surface area contributed by atoms with Gasteiger partial charge in [-0.05, 0) is 47.8 Å². The van der Waals surface area contributed by atoms with Crippen LogP contribution < -0.4 is 15.0 Å². The Balaban J connectivity index is 1.57. The van der Waals surface area contributed by atoms with Crippen molar-refractivity contribution in [3.63, 3.8) is 0 Å². The van der Waals surface area contributed by atoms with Crippen LogP contribution in [-0.4, -0.2) is 37.8 Å². The Labute approximate surface area is 199 Å². The molecule has 1 aliphatic rings. The van der Waals surface area contributed by atoms with Crippen molar-refractivity contribution in [3.05, 3.63) is 72.1 Å². The highest BCUT2D eigenvalue weighted by molar-refractivity contribution is 8.16. The molecule has 11 heteroatoms. The van der Waals surface area contributed by atoms with Crippen LogP contribution in [0.1, 0.15) is 6.42 Å². The smallest absolute Gasteiger partial charge is 0.294 e. The second-order valence-corrected chi connectivity index (χ2v) is 10.8. The van der Waals surface area contributed by atoms with E-state index in [1.165, 1.54) is 11.0 Å². The number of rotatable bonds is 7. The highest BCUT2D eigenvalue weighted by Gasteiger charge is 2.41. The Morgan fingerprint density at radius 1 is 1.09 bits per heavy atom. The number of benzene rings is 2. The summed E-state index contributed by atoms with van der Waals surface area (Å²) in [4.78, 5) is 27.1. The topological polar surface area (TPSA) is 105 Å². The minimum atomic E-state index is -3.99. The molecule has 0 spiro atoms. The van der Waals surface area contributed by atoms with Crippen LogP contribution in [0.15, 0.2) is 80.7 Å². The number of methoxy groups -OCH3 is 1. The summed E-state index contributed by atoms with van der Waals surface area (Å²) < 4.78 is 34.6. The highest BCUT2D eigenvalue weighted by Crippen LogP contribution is 2.35. The van der Waals surface area contributed by atoms with Crippen LogP contribution in [0.3, 0.4) is 0 Å². The van der Waals surface area contributed by atoms with E-state index in [0.29, 0.717) is 17.1 Å². The maximum absolute atomic E-state index is 13.2. The van der Waals surface area contributed by atoms with E-state index in [0.717, 1.165) is 23.1 Å². The predicted molar refractivity (Wildman–Crippen MR) is 130 cm³/mol. The fourth-order valence-corrected chi connectivity index (χ4v) is 6.39. The van der Waals surface area contributed by atoms with Gasteiger partial charge in [0.15, 0.2) is 5.17 Å². The Morgan fingerprint density at radius 2 is 1.82 bits per heavy atom. The van der Waals surface area contributed by atoms with Crippen LogP contribution in [0.2, 0.25) is 0 Å². The molecular formula is C22H19N3O5S3. The number of carbonyl (C=O) groups excluding carboxylic acids is 2. The van der Waals surface area contributed by atoms with E-state index in [2.05, 4.69) is 9.71 Å². The molecule has 1 unspecified atom stereocenters. The largest absolute Gasteiger partial charge is 0.497 e. The summed E-state index contributed by atoms with van der Waals surface area (Å²) in [7, 11) is -2.44. The quantitative estimate of drug-likeness (QED) is 0.525. The zero-order valence-electron chi connectivity index (χ0n) is 17.4. The van der Waals surface area contributed by atoms with Gasteiger partial charge in [-0.3, -0.25) is 14.5 Å². The first-order chi connectivity index (χ1) is 15.9. The van der Waals surface area contributed by atoms with Gasteiger partial charge in [-0.1, -0.05) is 36.0 Å². The first-order valence-electron chi connectivity index (χ1n) is 9.75. The summed E-state index contributed by atoms with van der Waals surface area (Å²) in [5.41, 5.74) is 1.04. The number of para-hydroxylation sites is 1. The third-order valence-electron chi connectivity index (χ3n) is 4.64. The van der Waals surface area contributed by atoms with E-state index < -0.39 is 21.2 Å². The van der Waals surface area contributed by atoms with Crippen molar-refractivity contribution in [2.75, 3.05) is 17.3 Å². The van der Waals surface area contributed by atoms with E-state index in [4.69, 9.17) is 4.74 Å². The minimum absolute atomic E-state index is 0.0156. The van der Waals surface area contributed by atoms with Crippen LogP contribution in [0.25, 0.3) is 0 Å². The van der Waals surface area contributed by atoms with Crippen molar-refractivity contribution >= 4 is 61.5 Å². The molecule has 1 fully saturated rings. The maximum Gasteiger partial charge on any atom is 0.294 e. The van der Waals surface area contributed by atoms with E-state index in [-0.39, 0.29) is 21.7 Å². The Hall–Kier alpha value is -3.15. The lowest BCUT2D eigenvalue weighted by Crippen LogP contribution is -2.33. The number of thioether (sulfide) groups is 1. The fourth-order valence-electron chi connectivity index (χ4n) is 3.09. The van der Waals surface area contributed by atoms with Crippen molar-refractivity contribution in [2.45, 2.75) is 15.9 Å². The summed E-state index contributed by atoms with van der Waals surface area (Å²) in [6.45, 7) is 0. The SMILES string of the molecule is COc1ccc(NC(=O)CC2S/C(=N/S(=O)(=O)c3cccs3)N(c3ccccc3)C2=O)cc1. The molecule has 33 heavy (non-hydrogen) atoms. The molecular weight excluding hydrogens is 482 g/mol. The second kappa shape index (κ2) is 9.77. The van der Waals surface area contributed by atoms with Crippen LogP contribution >= 0.6 is 23.1 Å². The van der Waals surface area contributed by atoms with Gasteiger partial charge in [-0.15, -0.1) is 15.7 Å². The third-order valence-corrected chi connectivity index (χ3v) is 8.53. The number of hydrogen-bond donors (Lipinski definition) is 1. The number of hydrogen-bond acceptors (Lipinski definition) is 7. The molecule has 8 nitrogen and oxygen atoms in total. The van der Waals surface area contributed by atoms with Gasteiger partial charge in [0.25, 0.3) is 10.0 Å². The Bertz CT molecular complexity index is 1270. The van der Waals surface area contributed by atoms with Gasteiger partial charge < -0.3 is 10.1 Å². The lowest BCUT2D eigenvalue weighted by molar-refractivity contribution is -0.121. The van der Waals surface area contributed by atoms with Crippen molar-refractivity contribution in [2.24, 2.45) is 4.40 Å². The van der Waals surface area contributed by atoms with Crippen molar-refractivity contribution in [1.29, 1.82) is 0 Å². The normalized spacial score (nSPS) is 17.4. The molecule has 1 N–H and O–H groups in total. The van der Waals surface area contributed by atoms with Crippen molar-refractivity contribution < 1.29 is 22.7 Å². The van der Waals surface area contributed by atoms with Gasteiger partial charge in [-0.2, -0.15) is 8.42 Å². The van der Waals surface area contributed by atoms with Crippen LogP contribution in [0.4, 0.5) is 11.4 Å². The number of ether oxygens (including phenoxy) is 1. The molecule has 2 heterocycles. The summed E-state index contributed by atoms with van der Waals surface area (Å²) in [6.07, 6.45) is -0.142. The number of amides is 2. The number of sulfonamides is 1. The van der Waals surface area contributed by atoms with Gasteiger partial charge in [-0.25, -0.2) is 0 Å². The summed E-state index contributed by atoms with van der Waals surface area (Å²) in [5, 5.41) is 3.58. The van der Waals surface area contributed by atoms with Crippen molar-refractivity contribution in [3.8, 4) is 5.75 Å². The molecule has 2 aromatic carbocycles. The summed E-state index contributed by atoms with van der Waals surface area (Å²) >= 11 is 2.01. The molecule has 0 saturated carbocycles. The molecule has 0 aliphatic carbocycles. The average molecular weight is 502 g/mol. The van der Waals surface area contributed by atoms with Gasteiger partial charge in [0.1, 0.15) is 15.2 Å². The summed E-state index contributed by atoms with van der Waals surface area (Å²) in [6, 6.07) is 18.5. The molecule has 1 saturated heterocycles. The molecule has 1 aromatic heterocycles.